The first-order valence-electron chi connectivity index (χ1n) is 7.28. The van der Waals surface area contributed by atoms with Gasteiger partial charge in [-0.25, -0.2) is 13.2 Å². The maximum Gasteiger partial charge on any atom is 0.252 e. The van der Waals surface area contributed by atoms with Gasteiger partial charge in [-0.2, -0.15) is 0 Å². The number of halogens is 3. The molecule has 3 rings (SSSR count). The first-order chi connectivity index (χ1) is 11.5. The zero-order valence-corrected chi connectivity index (χ0v) is 12.4. The second-order valence-corrected chi connectivity index (χ2v) is 5.41. The highest BCUT2D eigenvalue weighted by molar-refractivity contribution is 6.03. The van der Waals surface area contributed by atoms with Crippen molar-refractivity contribution in [1.29, 1.82) is 0 Å². The Labute approximate surface area is 135 Å². The van der Waals surface area contributed by atoms with Crippen LogP contribution < -0.4 is 10.2 Å². The minimum absolute atomic E-state index is 0.0677. The number of hydrogen-bond donors (Lipinski definition) is 1. The van der Waals surface area contributed by atoms with Gasteiger partial charge in [0, 0.05) is 17.8 Å². The number of rotatable bonds is 3. The van der Waals surface area contributed by atoms with E-state index in [0.29, 0.717) is 18.7 Å². The molecule has 2 amide bonds. The molecule has 4 nitrogen and oxygen atoms in total. The van der Waals surface area contributed by atoms with E-state index in [2.05, 4.69) is 5.32 Å². The molecule has 0 aromatic heterocycles. The van der Waals surface area contributed by atoms with Crippen molar-refractivity contribution in [2.45, 2.75) is 12.5 Å². The molecule has 1 fully saturated rings. The maximum absolute atomic E-state index is 13.2. The molecule has 1 aliphatic heterocycles. The van der Waals surface area contributed by atoms with Gasteiger partial charge >= 0.3 is 0 Å². The summed E-state index contributed by atoms with van der Waals surface area (Å²) in [6.45, 7) is 0.368. The fourth-order valence-electron chi connectivity index (χ4n) is 2.57. The van der Waals surface area contributed by atoms with E-state index in [1.807, 2.05) is 0 Å². The molecule has 1 saturated heterocycles. The van der Waals surface area contributed by atoms with Crippen molar-refractivity contribution in [3.05, 3.63) is 65.5 Å². The lowest BCUT2D eigenvalue weighted by Gasteiger charge is -2.17. The number of carbonyl (C=O) groups excluding carboxylic acids is 2. The molecule has 124 valence electrons. The third-order valence-corrected chi connectivity index (χ3v) is 3.83. The second-order valence-electron chi connectivity index (χ2n) is 5.41. The Kier molecular flexibility index (Phi) is 4.24. The molecule has 0 bridgehead atoms. The van der Waals surface area contributed by atoms with E-state index >= 15 is 0 Å². The molecule has 7 heteroatoms. The summed E-state index contributed by atoms with van der Waals surface area (Å²) < 4.78 is 39.0. The fraction of sp³-hybridized carbons (Fsp3) is 0.176. The molecule has 24 heavy (non-hydrogen) atoms. The quantitative estimate of drug-likeness (QED) is 0.938. The largest absolute Gasteiger partial charge is 0.340 e. The van der Waals surface area contributed by atoms with Crippen molar-refractivity contribution in [2.24, 2.45) is 0 Å². The Bertz CT molecular complexity index is 793. The lowest BCUT2D eigenvalue weighted by Crippen LogP contribution is -2.41. The Balaban J connectivity index is 1.70. The molecule has 2 aromatic carbocycles. The average Bonchev–Trinajstić information content (AvgIpc) is 2.92. The van der Waals surface area contributed by atoms with Gasteiger partial charge in [0.05, 0.1) is 0 Å². The topological polar surface area (TPSA) is 49.4 Å². The predicted molar refractivity (Wildman–Crippen MR) is 81.0 cm³/mol. The van der Waals surface area contributed by atoms with Gasteiger partial charge in [0.15, 0.2) is 11.6 Å². The van der Waals surface area contributed by atoms with E-state index in [-0.39, 0.29) is 11.5 Å². The summed E-state index contributed by atoms with van der Waals surface area (Å²) >= 11 is 0. The predicted octanol–water partition coefficient (Wildman–Crippen LogP) is 2.64. The van der Waals surface area contributed by atoms with Crippen molar-refractivity contribution in [1.82, 2.24) is 5.32 Å². The monoisotopic (exact) mass is 334 g/mol. The third kappa shape index (κ3) is 3.10. The smallest absolute Gasteiger partial charge is 0.252 e. The SMILES string of the molecule is O=C(N[C@@H]1CCN(c2ccc(F)cc2)C1=O)c1ccc(F)c(F)c1. The van der Waals surface area contributed by atoms with Gasteiger partial charge in [-0.1, -0.05) is 0 Å². The van der Waals surface area contributed by atoms with Crippen molar-refractivity contribution in [2.75, 3.05) is 11.4 Å². The van der Waals surface area contributed by atoms with E-state index < -0.39 is 29.4 Å². The lowest BCUT2D eigenvalue weighted by molar-refractivity contribution is -0.118. The van der Waals surface area contributed by atoms with Crippen LogP contribution in [0.1, 0.15) is 16.8 Å². The highest BCUT2D eigenvalue weighted by atomic mass is 19.2. The van der Waals surface area contributed by atoms with Crippen LogP contribution in [0.2, 0.25) is 0 Å². The van der Waals surface area contributed by atoms with Gasteiger partial charge in [0.25, 0.3) is 5.91 Å². The number of hydrogen-bond acceptors (Lipinski definition) is 2. The van der Waals surface area contributed by atoms with Crippen molar-refractivity contribution >= 4 is 17.5 Å². The van der Waals surface area contributed by atoms with Crippen LogP contribution in [-0.4, -0.2) is 24.4 Å². The summed E-state index contributed by atoms with van der Waals surface area (Å²) in [7, 11) is 0. The fourth-order valence-corrected chi connectivity index (χ4v) is 2.57. The van der Waals surface area contributed by atoms with E-state index in [9.17, 15) is 22.8 Å². The number of benzene rings is 2. The van der Waals surface area contributed by atoms with Crippen molar-refractivity contribution in [3.63, 3.8) is 0 Å². The van der Waals surface area contributed by atoms with E-state index in [1.54, 1.807) is 0 Å². The molecule has 0 radical (unpaired) electrons. The van der Waals surface area contributed by atoms with Gasteiger partial charge in [-0.05, 0) is 48.9 Å². The molecule has 1 N–H and O–H groups in total. The Morgan fingerprint density at radius 3 is 2.42 bits per heavy atom. The maximum atomic E-state index is 13.2. The summed E-state index contributed by atoms with van der Waals surface area (Å²) in [6.07, 6.45) is 0.367. The molecule has 0 unspecified atom stereocenters. The molecular weight excluding hydrogens is 321 g/mol. The molecule has 1 aliphatic rings. The minimum atomic E-state index is -1.13. The average molecular weight is 334 g/mol. The Morgan fingerprint density at radius 2 is 1.75 bits per heavy atom. The molecule has 0 spiro atoms. The van der Waals surface area contributed by atoms with Gasteiger partial charge in [-0.15, -0.1) is 0 Å². The number of nitrogens with zero attached hydrogens (tertiary/aromatic N) is 1. The van der Waals surface area contributed by atoms with Crippen LogP contribution in [0.15, 0.2) is 42.5 Å². The van der Waals surface area contributed by atoms with Crippen LogP contribution in [0, 0.1) is 17.5 Å². The van der Waals surface area contributed by atoms with E-state index in [0.717, 1.165) is 18.2 Å². The highest BCUT2D eigenvalue weighted by Crippen LogP contribution is 2.22. The van der Waals surface area contributed by atoms with Crippen LogP contribution in [0.5, 0.6) is 0 Å². The molecule has 1 atom stereocenters. The van der Waals surface area contributed by atoms with Gasteiger partial charge in [0.1, 0.15) is 11.9 Å². The van der Waals surface area contributed by atoms with Crippen LogP contribution in [0.25, 0.3) is 0 Å². The summed E-state index contributed by atoms with van der Waals surface area (Å²) in [5.41, 5.74) is 0.466. The molecule has 0 saturated carbocycles. The van der Waals surface area contributed by atoms with Crippen LogP contribution in [-0.2, 0) is 4.79 Å². The Morgan fingerprint density at radius 1 is 1.04 bits per heavy atom. The standard InChI is InChI=1S/C17H13F3N2O2/c18-11-2-4-12(5-3-11)22-8-7-15(17(22)24)21-16(23)10-1-6-13(19)14(20)9-10/h1-6,9,15H,7-8H2,(H,21,23)/t15-/m1/s1. The first kappa shape index (κ1) is 16.0. The molecule has 1 heterocycles. The molecular formula is C17H13F3N2O2. The number of amides is 2. The van der Waals surface area contributed by atoms with Crippen molar-refractivity contribution in [3.8, 4) is 0 Å². The highest BCUT2D eigenvalue weighted by Gasteiger charge is 2.33. The minimum Gasteiger partial charge on any atom is -0.340 e. The summed E-state index contributed by atoms with van der Waals surface area (Å²) in [5.74, 6) is -3.58. The van der Waals surface area contributed by atoms with Crippen LogP contribution in [0.3, 0.4) is 0 Å². The summed E-state index contributed by atoms with van der Waals surface area (Å²) in [5, 5.41) is 2.51. The second kappa shape index (κ2) is 6.35. The first-order valence-corrected chi connectivity index (χ1v) is 7.28. The van der Waals surface area contributed by atoms with Gasteiger partial charge in [-0.3, -0.25) is 9.59 Å². The zero-order chi connectivity index (χ0) is 17.3. The molecule has 2 aromatic rings. The normalized spacial score (nSPS) is 17.2. The van der Waals surface area contributed by atoms with Gasteiger partial charge < -0.3 is 10.2 Å². The van der Waals surface area contributed by atoms with E-state index in [1.165, 1.54) is 29.2 Å². The number of nitrogens with one attached hydrogen (secondary N) is 1. The number of anilines is 1. The summed E-state index contributed by atoms with van der Waals surface area (Å²) in [6, 6.07) is 7.46. The van der Waals surface area contributed by atoms with E-state index in [4.69, 9.17) is 0 Å². The Hall–Kier alpha value is -2.83. The van der Waals surface area contributed by atoms with Crippen LogP contribution in [0.4, 0.5) is 18.9 Å². The van der Waals surface area contributed by atoms with Crippen LogP contribution >= 0.6 is 0 Å². The molecule has 0 aliphatic carbocycles. The van der Waals surface area contributed by atoms with Crippen molar-refractivity contribution < 1.29 is 22.8 Å². The number of carbonyl (C=O) groups is 2. The lowest BCUT2D eigenvalue weighted by atomic mass is 10.1. The third-order valence-electron chi connectivity index (χ3n) is 3.83. The summed E-state index contributed by atoms with van der Waals surface area (Å²) in [4.78, 5) is 25.9. The van der Waals surface area contributed by atoms with Gasteiger partial charge in [0.2, 0.25) is 5.91 Å². The zero-order valence-electron chi connectivity index (χ0n) is 12.4.